The molecular formula is C13H15N3O5. The maximum atomic E-state index is 11.1. The molecule has 4 N–H and O–H groups in total. The SMILES string of the molecule is NC(=O)c1ccc(N(O)C2C=CC(O)CC2)c([N+](=O)[O-])c1. The maximum Gasteiger partial charge on any atom is 0.295 e. The number of hydrogen-bond acceptors (Lipinski definition) is 6. The van der Waals surface area contributed by atoms with E-state index in [9.17, 15) is 25.2 Å². The average Bonchev–Trinajstić information content (AvgIpc) is 2.46. The van der Waals surface area contributed by atoms with Gasteiger partial charge in [-0.05, 0) is 25.0 Å². The number of nitro groups is 1. The van der Waals surface area contributed by atoms with E-state index in [2.05, 4.69) is 0 Å². The highest BCUT2D eigenvalue weighted by Crippen LogP contribution is 2.31. The molecule has 1 aliphatic rings. The third-order valence-electron chi connectivity index (χ3n) is 3.33. The number of primary amides is 1. The van der Waals surface area contributed by atoms with Crippen LogP contribution >= 0.6 is 0 Å². The lowest BCUT2D eigenvalue weighted by molar-refractivity contribution is -0.384. The molecule has 2 rings (SSSR count). The number of aliphatic hydroxyl groups is 1. The molecule has 0 saturated heterocycles. The Morgan fingerprint density at radius 3 is 2.62 bits per heavy atom. The van der Waals surface area contributed by atoms with Gasteiger partial charge in [0, 0.05) is 11.6 Å². The monoisotopic (exact) mass is 293 g/mol. The lowest BCUT2D eigenvalue weighted by Gasteiger charge is -2.28. The zero-order chi connectivity index (χ0) is 15.6. The molecule has 0 bridgehead atoms. The molecule has 0 aliphatic heterocycles. The van der Waals surface area contributed by atoms with E-state index in [1.54, 1.807) is 6.08 Å². The first-order chi connectivity index (χ1) is 9.90. The number of carbonyl (C=O) groups is 1. The van der Waals surface area contributed by atoms with Crippen LogP contribution in [0.2, 0.25) is 0 Å². The summed E-state index contributed by atoms with van der Waals surface area (Å²) < 4.78 is 0. The molecule has 0 radical (unpaired) electrons. The number of anilines is 1. The standard InChI is InChI=1S/C13H15N3O5/c14-13(18)8-1-6-11(12(7-8)16(20)21)15(19)9-2-4-10(17)5-3-9/h1-2,4,6-7,9-10,17,19H,3,5H2,(H2,14,18). The molecule has 8 heteroatoms. The van der Waals surface area contributed by atoms with Crippen molar-refractivity contribution in [1.82, 2.24) is 0 Å². The largest absolute Gasteiger partial charge is 0.389 e. The van der Waals surface area contributed by atoms with E-state index >= 15 is 0 Å². The van der Waals surface area contributed by atoms with Gasteiger partial charge in [0.25, 0.3) is 5.69 Å². The van der Waals surface area contributed by atoms with E-state index in [4.69, 9.17) is 5.73 Å². The molecule has 8 nitrogen and oxygen atoms in total. The molecule has 2 atom stereocenters. The van der Waals surface area contributed by atoms with Gasteiger partial charge in [0.15, 0.2) is 0 Å². The molecule has 0 fully saturated rings. The van der Waals surface area contributed by atoms with Crippen molar-refractivity contribution in [2.24, 2.45) is 5.73 Å². The molecule has 1 aromatic rings. The minimum Gasteiger partial charge on any atom is -0.389 e. The number of amides is 1. The van der Waals surface area contributed by atoms with Crippen molar-refractivity contribution in [2.75, 3.05) is 5.06 Å². The summed E-state index contributed by atoms with van der Waals surface area (Å²) in [5.74, 6) is -0.783. The molecule has 1 aromatic carbocycles. The van der Waals surface area contributed by atoms with Crippen LogP contribution in [0.3, 0.4) is 0 Å². The second kappa shape index (κ2) is 5.90. The van der Waals surface area contributed by atoms with Crippen molar-refractivity contribution < 1.29 is 20.0 Å². The summed E-state index contributed by atoms with van der Waals surface area (Å²) >= 11 is 0. The van der Waals surface area contributed by atoms with Crippen LogP contribution in [0.1, 0.15) is 23.2 Å². The molecule has 1 aliphatic carbocycles. The van der Waals surface area contributed by atoms with Gasteiger partial charge in [-0.3, -0.25) is 20.1 Å². The average molecular weight is 293 g/mol. The van der Waals surface area contributed by atoms with E-state index in [0.717, 1.165) is 11.1 Å². The van der Waals surface area contributed by atoms with Gasteiger partial charge in [0.1, 0.15) is 5.69 Å². The Hall–Kier alpha value is -2.45. The van der Waals surface area contributed by atoms with Crippen molar-refractivity contribution in [3.05, 3.63) is 46.0 Å². The molecule has 0 heterocycles. The van der Waals surface area contributed by atoms with Crippen molar-refractivity contribution in [2.45, 2.75) is 25.0 Å². The fourth-order valence-electron chi connectivity index (χ4n) is 2.19. The first-order valence-corrected chi connectivity index (χ1v) is 6.33. The molecule has 21 heavy (non-hydrogen) atoms. The van der Waals surface area contributed by atoms with Gasteiger partial charge in [0.2, 0.25) is 5.91 Å². The second-order valence-corrected chi connectivity index (χ2v) is 4.77. The van der Waals surface area contributed by atoms with Gasteiger partial charge in [-0.15, -0.1) is 0 Å². The highest BCUT2D eigenvalue weighted by molar-refractivity contribution is 5.94. The normalized spacial score (nSPS) is 21.0. The number of hydroxylamine groups is 1. The number of carbonyl (C=O) groups excluding carboxylic acids is 1. The Bertz CT molecular complexity index is 601. The zero-order valence-electron chi connectivity index (χ0n) is 11.0. The van der Waals surface area contributed by atoms with Crippen LogP contribution in [0, 0.1) is 10.1 Å². The summed E-state index contributed by atoms with van der Waals surface area (Å²) in [6.45, 7) is 0. The first kappa shape index (κ1) is 14.9. The summed E-state index contributed by atoms with van der Waals surface area (Å²) in [6, 6.07) is 3.14. The Morgan fingerprint density at radius 2 is 2.10 bits per heavy atom. The van der Waals surface area contributed by atoms with Crippen molar-refractivity contribution in [1.29, 1.82) is 0 Å². The molecule has 2 unspecified atom stereocenters. The number of hydrogen-bond donors (Lipinski definition) is 3. The van der Waals surface area contributed by atoms with Crippen LogP contribution in [-0.2, 0) is 0 Å². The molecule has 0 saturated carbocycles. The van der Waals surface area contributed by atoms with Crippen molar-refractivity contribution in [3.63, 3.8) is 0 Å². The quantitative estimate of drug-likeness (QED) is 0.431. The van der Waals surface area contributed by atoms with Crippen LogP contribution in [0.25, 0.3) is 0 Å². The third-order valence-corrected chi connectivity index (χ3v) is 3.33. The molecular weight excluding hydrogens is 278 g/mol. The number of nitrogens with zero attached hydrogens (tertiary/aromatic N) is 2. The van der Waals surface area contributed by atoms with Gasteiger partial charge in [0.05, 0.1) is 17.1 Å². The third kappa shape index (κ3) is 3.18. The van der Waals surface area contributed by atoms with Crippen LogP contribution < -0.4 is 10.8 Å². The Kier molecular flexibility index (Phi) is 4.20. The summed E-state index contributed by atoms with van der Waals surface area (Å²) in [4.78, 5) is 21.5. The molecule has 1 amide bonds. The topological polar surface area (TPSA) is 130 Å². The molecule has 0 aromatic heterocycles. The Labute approximate surface area is 120 Å². The summed E-state index contributed by atoms with van der Waals surface area (Å²) in [5, 5.41) is 31.4. The van der Waals surface area contributed by atoms with Gasteiger partial charge < -0.3 is 10.8 Å². The summed E-state index contributed by atoms with van der Waals surface area (Å²) in [7, 11) is 0. The zero-order valence-corrected chi connectivity index (χ0v) is 11.0. The number of nitro benzene ring substituents is 1. The lowest BCUT2D eigenvalue weighted by Crippen LogP contribution is -2.34. The summed E-state index contributed by atoms with van der Waals surface area (Å²) in [6.07, 6.45) is 3.44. The Balaban J connectivity index is 2.36. The van der Waals surface area contributed by atoms with Crippen LogP contribution in [-0.4, -0.2) is 33.3 Å². The minimum absolute atomic E-state index is 0.00606. The van der Waals surface area contributed by atoms with Crippen LogP contribution in [0.15, 0.2) is 30.4 Å². The number of rotatable bonds is 4. The van der Waals surface area contributed by atoms with Gasteiger partial charge in [-0.25, -0.2) is 5.06 Å². The van der Waals surface area contributed by atoms with Crippen LogP contribution in [0.5, 0.6) is 0 Å². The van der Waals surface area contributed by atoms with Crippen molar-refractivity contribution >= 4 is 17.3 Å². The number of nitrogens with two attached hydrogens (primary N) is 1. The number of aliphatic hydroxyl groups excluding tert-OH is 1. The maximum absolute atomic E-state index is 11.1. The molecule has 0 spiro atoms. The summed E-state index contributed by atoms with van der Waals surface area (Å²) in [5.41, 5.74) is 4.64. The predicted molar refractivity (Wildman–Crippen MR) is 74.0 cm³/mol. The van der Waals surface area contributed by atoms with Crippen molar-refractivity contribution in [3.8, 4) is 0 Å². The second-order valence-electron chi connectivity index (χ2n) is 4.77. The van der Waals surface area contributed by atoms with E-state index in [1.165, 1.54) is 18.2 Å². The van der Waals surface area contributed by atoms with E-state index in [1.807, 2.05) is 0 Å². The highest BCUT2D eigenvalue weighted by atomic mass is 16.6. The van der Waals surface area contributed by atoms with Gasteiger partial charge in [-0.2, -0.15) is 0 Å². The van der Waals surface area contributed by atoms with E-state index in [0.29, 0.717) is 12.8 Å². The van der Waals surface area contributed by atoms with Crippen LogP contribution in [0.4, 0.5) is 11.4 Å². The van der Waals surface area contributed by atoms with E-state index < -0.39 is 28.7 Å². The minimum atomic E-state index is -0.783. The van der Waals surface area contributed by atoms with Gasteiger partial charge >= 0.3 is 0 Å². The fraction of sp³-hybridized carbons (Fsp3) is 0.308. The van der Waals surface area contributed by atoms with E-state index in [-0.39, 0.29) is 11.3 Å². The first-order valence-electron chi connectivity index (χ1n) is 6.33. The fourth-order valence-corrected chi connectivity index (χ4v) is 2.19. The number of benzene rings is 1. The predicted octanol–water partition coefficient (Wildman–Crippen LogP) is 0.969. The highest BCUT2D eigenvalue weighted by Gasteiger charge is 2.26. The molecule has 112 valence electrons. The lowest BCUT2D eigenvalue weighted by atomic mass is 10.00. The van der Waals surface area contributed by atoms with Gasteiger partial charge in [-0.1, -0.05) is 12.2 Å². The Morgan fingerprint density at radius 1 is 1.38 bits per heavy atom. The smallest absolute Gasteiger partial charge is 0.295 e.